The summed E-state index contributed by atoms with van der Waals surface area (Å²) in [6.45, 7) is 6.44. The van der Waals surface area contributed by atoms with E-state index in [1.807, 2.05) is 0 Å². The molecule has 1 atom stereocenters. The maximum absolute atomic E-state index is 12.8. The minimum absolute atomic E-state index is 0.104. The maximum Gasteiger partial charge on any atom is 0.306 e. The molecule has 0 N–H and O–H groups in total. The van der Waals surface area contributed by atoms with Crippen molar-refractivity contribution in [2.75, 3.05) is 13.2 Å². The topological polar surface area (TPSA) is 78.9 Å². The van der Waals surface area contributed by atoms with Crippen LogP contribution in [0.2, 0.25) is 0 Å². The lowest BCUT2D eigenvalue weighted by Gasteiger charge is -2.18. The molecule has 0 radical (unpaired) electrons. The molecule has 0 aromatic rings. The molecular weight excluding hydrogens is 829 g/mol. The summed E-state index contributed by atoms with van der Waals surface area (Å²) in [6.07, 6.45) is 72.5. The molecule has 0 bridgehead atoms. The largest absolute Gasteiger partial charge is 0.462 e. The average Bonchev–Trinajstić information content (AvgIpc) is 3.33. The molecule has 0 aromatic heterocycles. The van der Waals surface area contributed by atoms with Crippen molar-refractivity contribution in [3.63, 3.8) is 0 Å². The molecule has 0 aromatic carbocycles. The van der Waals surface area contributed by atoms with Crippen LogP contribution in [0, 0.1) is 0 Å². The molecule has 382 valence electrons. The zero-order valence-electron chi connectivity index (χ0n) is 43.6. The van der Waals surface area contributed by atoms with Gasteiger partial charge in [-0.25, -0.2) is 0 Å². The minimum Gasteiger partial charge on any atom is -0.462 e. The zero-order valence-corrected chi connectivity index (χ0v) is 43.6. The summed E-state index contributed by atoms with van der Waals surface area (Å²) in [5, 5.41) is 0. The van der Waals surface area contributed by atoms with Gasteiger partial charge in [0.1, 0.15) is 13.2 Å². The van der Waals surface area contributed by atoms with Gasteiger partial charge in [0, 0.05) is 19.3 Å². The van der Waals surface area contributed by atoms with E-state index in [1.165, 1.54) is 103 Å². The Labute approximate surface area is 413 Å². The normalized spacial score (nSPS) is 12.8. The van der Waals surface area contributed by atoms with E-state index in [-0.39, 0.29) is 37.5 Å². The van der Waals surface area contributed by atoms with Crippen molar-refractivity contribution in [3.8, 4) is 0 Å². The number of ether oxygens (including phenoxy) is 3. The lowest BCUT2D eigenvalue weighted by Crippen LogP contribution is -2.30. The van der Waals surface area contributed by atoms with Crippen LogP contribution in [0.25, 0.3) is 0 Å². The van der Waals surface area contributed by atoms with Crippen molar-refractivity contribution >= 4 is 17.9 Å². The number of carbonyl (C=O) groups is 3. The van der Waals surface area contributed by atoms with Crippen LogP contribution < -0.4 is 0 Å². The number of hydrogen-bond donors (Lipinski definition) is 0. The highest BCUT2D eigenvalue weighted by atomic mass is 16.6. The van der Waals surface area contributed by atoms with E-state index in [4.69, 9.17) is 14.2 Å². The third kappa shape index (κ3) is 53.2. The van der Waals surface area contributed by atoms with Crippen LogP contribution in [0.15, 0.2) is 97.2 Å². The van der Waals surface area contributed by atoms with E-state index < -0.39 is 6.10 Å². The molecular formula is C61H102O6. The van der Waals surface area contributed by atoms with Crippen molar-refractivity contribution in [1.29, 1.82) is 0 Å². The van der Waals surface area contributed by atoms with Crippen LogP contribution in [-0.2, 0) is 28.6 Å². The second-order valence-corrected chi connectivity index (χ2v) is 18.1. The summed E-state index contributed by atoms with van der Waals surface area (Å²) in [5.74, 6) is -0.970. The molecule has 0 aliphatic carbocycles. The fraction of sp³-hybridized carbons (Fsp3) is 0.689. The second-order valence-electron chi connectivity index (χ2n) is 18.1. The molecule has 0 fully saturated rings. The third-order valence-electron chi connectivity index (χ3n) is 11.5. The third-order valence-corrected chi connectivity index (χ3v) is 11.5. The number of hydrogen-bond acceptors (Lipinski definition) is 6. The summed E-state index contributed by atoms with van der Waals surface area (Å²) in [7, 11) is 0. The van der Waals surface area contributed by atoms with Crippen LogP contribution >= 0.6 is 0 Å². The van der Waals surface area contributed by atoms with Gasteiger partial charge >= 0.3 is 17.9 Å². The Kier molecular flexibility index (Phi) is 51.9. The van der Waals surface area contributed by atoms with Crippen LogP contribution in [-0.4, -0.2) is 37.2 Å². The number of rotatable bonds is 49. The van der Waals surface area contributed by atoms with Gasteiger partial charge in [-0.1, -0.05) is 208 Å². The fourth-order valence-corrected chi connectivity index (χ4v) is 7.37. The van der Waals surface area contributed by atoms with E-state index in [9.17, 15) is 14.4 Å². The molecule has 0 amide bonds. The fourth-order valence-electron chi connectivity index (χ4n) is 7.37. The Morgan fingerprint density at radius 1 is 0.313 bits per heavy atom. The SMILES string of the molecule is CC/C=C\C/C=C\C/C=C\C/C=C\CCCCCCC(=O)OC[C@H](COC(=O)CCCCCCCCC/C=C\CCCCCCCC)OC(=O)CCCC/C=C\C/C=C\C/C=C\CCCCC. The van der Waals surface area contributed by atoms with E-state index in [0.717, 1.165) is 103 Å². The molecule has 0 heterocycles. The quantitative estimate of drug-likeness (QED) is 0.0262. The van der Waals surface area contributed by atoms with E-state index in [0.29, 0.717) is 19.3 Å². The van der Waals surface area contributed by atoms with Crippen molar-refractivity contribution in [2.24, 2.45) is 0 Å². The van der Waals surface area contributed by atoms with Crippen molar-refractivity contribution in [3.05, 3.63) is 97.2 Å². The summed E-state index contributed by atoms with van der Waals surface area (Å²) in [5.41, 5.74) is 0. The highest BCUT2D eigenvalue weighted by molar-refractivity contribution is 5.71. The van der Waals surface area contributed by atoms with Crippen molar-refractivity contribution in [2.45, 2.75) is 258 Å². The van der Waals surface area contributed by atoms with Gasteiger partial charge in [-0.05, 0) is 122 Å². The smallest absolute Gasteiger partial charge is 0.306 e. The first-order valence-electron chi connectivity index (χ1n) is 27.7. The standard InChI is InChI=1S/C61H102O6/c1-4-7-10-13-16-19-22-25-28-30-33-35-38-41-44-47-50-53-59(62)65-56-58(67-61(64)55-52-49-46-43-40-37-32-27-24-21-18-15-12-9-6-3)57-66-60(63)54-51-48-45-42-39-36-34-31-29-26-23-20-17-14-11-8-5-2/h7,10,16,18-19,21,25-29,32-33,35,40,43,58H,4-6,8-9,11-15,17,20,22-24,30-31,34,36-39,41-42,44-57H2,1-3H3/b10-7-,19-16-,21-18-,28-25-,29-26-,32-27-,35-33-,43-40-/t58-/m1/s1. The lowest BCUT2D eigenvalue weighted by atomic mass is 10.1. The number of unbranched alkanes of at least 4 members (excludes halogenated alkanes) is 22. The molecule has 0 unspecified atom stereocenters. The first-order valence-corrected chi connectivity index (χ1v) is 27.7. The molecule has 0 aliphatic heterocycles. The summed E-state index contributed by atoms with van der Waals surface area (Å²) in [4.78, 5) is 38.1. The highest BCUT2D eigenvalue weighted by Crippen LogP contribution is 2.14. The molecule has 0 rings (SSSR count). The zero-order chi connectivity index (χ0) is 48.6. The van der Waals surface area contributed by atoms with Crippen molar-refractivity contribution in [1.82, 2.24) is 0 Å². The molecule has 6 heteroatoms. The Bertz CT molecular complexity index is 1350. The van der Waals surface area contributed by atoms with Gasteiger partial charge in [0.15, 0.2) is 6.10 Å². The Morgan fingerprint density at radius 2 is 0.582 bits per heavy atom. The van der Waals surface area contributed by atoms with Crippen LogP contribution in [0.4, 0.5) is 0 Å². The highest BCUT2D eigenvalue weighted by Gasteiger charge is 2.19. The second kappa shape index (κ2) is 54.9. The number of allylic oxidation sites excluding steroid dienone is 16. The first-order chi connectivity index (χ1) is 33.0. The van der Waals surface area contributed by atoms with E-state index in [1.54, 1.807) is 0 Å². The monoisotopic (exact) mass is 931 g/mol. The van der Waals surface area contributed by atoms with Gasteiger partial charge in [0.25, 0.3) is 0 Å². The maximum atomic E-state index is 12.8. The van der Waals surface area contributed by atoms with E-state index >= 15 is 0 Å². The predicted molar refractivity (Wildman–Crippen MR) is 288 cm³/mol. The molecule has 0 aliphatic rings. The Morgan fingerprint density at radius 3 is 0.985 bits per heavy atom. The molecule has 0 saturated carbocycles. The average molecular weight is 931 g/mol. The van der Waals surface area contributed by atoms with Crippen LogP contribution in [0.1, 0.15) is 252 Å². The van der Waals surface area contributed by atoms with Gasteiger partial charge in [0.2, 0.25) is 0 Å². The Hall–Kier alpha value is -3.67. The Balaban J connectivity index is 4.49. The van der Waals surface area contributed by atoms with Crippen LogP contribution in [0.3, 0.4) is 0 Å². The van der Waals surface area contributed by atoms with E-state index in [2.05, 4.69) is 118 Å². The number of esters is 3. The molecule has 67 heavy (non-hydrogen) atoms. The summed E-state index contributed by atoms with van der Waals surface area (Å²) >= 11 is 0. The molecule has 0 saturated heterocycles. The predicted octanol–water partition coefficient (Wildman–Crippen LogP) is 18.5. The molecule has 0 spiro atoms. The number of carbonyl (C=O) groups excluding carboxylic acids is 3. The minimum atomic E-state index is -0.810. The lowest BCUT2D eigenvalue weighted by molar-refractivity contribution is -0.167. The van der Waals surface area contributed by atoms with Gasteiger partial charge in [-0.2, -0.15) is 0 Å². The summed E-state index contributed by atoms with van der Waals surface area (Å²) in [6, 6.07) is 0. The molecule has 6 nitrogen and oxygen atoms in total. The van der Waals surface area contributed by atoms with Crippen molar-refractivity contribution < 1.29 is 28.6 Å². The van der Waals surface area contributed by atoms with Gasteiger partial charge in [-0.15, -0.1) is 0 Å². The summed E-state index contributed by atoms with van der Waals surface area (Å²) < 4.78 is 16.8. The van der Waals surface area contributed by atoms with Gasteiger partial charge in [0.05, 0.1) is 0 Å². The van der Waals surface area contributed by atoms with Gasteiger partial charge in [-0.3, -0.25) is 14.4 Å². The first kappa shape index (κ1) is 63.3. The van der Waals surface area contributed by atoms with Gasteiger partial charge < -0.3 is 14.2 Å². The van der Waals surface area contributed by atoms with Crippen LogP contribution in [0.5, 0.6) is 0 Å².